The maximum atomic E-state index is 12.9. The van der Waals surface area contributed by atoms with Gasteiger partial charge in [-0.3, -0.25) is 4.79 Å². The smallest absolute Gasteiger partial charge is 0.341 e. The number of esters is 1. The van der Waals surface area contributed by atoms with Crippen LogP contribution < -0.4 is 10.1 Å². The van der Waals surface area contributed by atoms with Gasteiger partial charge in [-0.05, 0) is 35.4 Å². The van der Waals surface area contributed by atoms with Crippen molar-refractivity contribution in [2.45, 2.75) is 18.1 Å². The number of methoxy groups -OCH3 is 2. The lowest BCUT2D eigenvalue weighted by molar-refractivity contribution is -0.113. The van der Waals surface area contributed by atoms with Gasteiger partial charge in [0.25, 0.3) is 0 Å². The molecule has 0 saturated heterocycles. The van der Waals surface area contributed by atoms with Crippen LogP contribution in [0.3, 0.4) is 0 Å². The molecule has 0 bridgehead atoms. The summed E-state index contributed by atoms with van der Waals surface area (Å²) in [6.45, 7) is 4.33. The van der Waals surface area contributed by atoms with Crippen molar-refractivity contribution in [2.75, 3.05) is 25.3 Å². The van der Waals surface area contributed by atoms with Crippen LogP contribution in [0.1, 0.15) is 21.7 Å². The van der Waals surface area contributed by atoms with E-state index in [9.17, 15) is 9.59 Å². The lowest BCUT2D eigenvalue weighted by atomic mass is 10.0. The predicted octanol–water partition coefficient (Wildman–Crippen LogP) is 5.96. The molecule has 38 heavy (non-hydrogen) atoms. The second-order valence-electron chi connectivity index (χ2n) is 8.01. The molecule has 0 aliphatic heterocycles. The minimum absolute atomic E-state index is 0.0760. The van der Waals surface area contributed by atoms with E-state index >= 15 is 0 Å². The fourth-order valence-electron chi connectivity index (χ4n) is 3.68. The van der Waals surface area contributed by atoms with Crippen LogP contribution in [0.15, 0.2) is 71.7 Å². The third-order valence-electron chi connectivity index (χ3n) is 5.55. The van der Waals surface area contributed by atoms with Crippen LogP contribution in [-0.2, 0) is 22.5 Å². The van der Waals surface area contributed by atoms with Gasteiger partial charge in [-0.1, -0.05) is 53.7 Å². The van der Waals surface area contributed by atoms with Crippen LogP contribution in [0, 0.1) is 0 Å². The molecule has 2 aromatic carbocycles. The van der Waals surface area contributed by atoms with E-state index in [1.165, 1.54) is 30.2 Å². The van der Waals surface area contributed by atoms with Gasteiger partial charge in [0.2, 0.25) is 5.91 Å². The lowest BCUT2D eigenvalue weighted by Gasteiger charge is -2.09. The van der Waals surface area contributed by atoms with Crippen LogP contribution in [0.4, 0.5) is 5.00 Å². The molecule has 1 N–H and O–H groups in total. The molecule has 4 aromatic rings. The summed E-state index contributed by atoms with van der Waals surface area (Å²) in [5, 5.41) is 15.0. The number of hydrogen-bond acceptors (Lipinski definition) is 8. The second-order valence-corrected chi connectivity index (χ2v) is 10.3. The van der Waals surface area contributed by atoms with E-state index in [1.807, 2.05) is 58.5 Å². The first kappa shape index (κ1) is 27.4. The molecule has 0 saturated carbocycles. The van der Waals surface area contributed by atoms with Gasteiger partial charge in [-0.15, -0.1) is 28.1 Å². The average molecular weight is 569 g/mol. The van der Waals surface area contributed by atoms with E-state index in [2.05, 4.69) is 22.1 Å². The normalized spacial score (nSPS) is 10.7. The highest BCUT2D eigenvalue weighted by Crippen LogP contribution is 2.37. The minimum atomic E-state index is -0.530. The summed E-state index contributed by atoms with van der Waals surface area (Å²) in [5.74, 6) is 0.723. The van der Waals surface area contributed by atoms with Gasteiger partial charge in [0, 0.05) is 28.9 Å². The number of aromatic nitrogens is 3. The quantitative estimate of drug-likeness (QED) is 0.135. The molecule has 0 fully saturated rings. The summed E-state index contributed by atoms with van der Waals surface area (Å²) >= 11 is 8.51. The molecule has 0 aliphatic rings. The Morgan fingerprint density at radius 2 is 1.87 bits per heavy atom. The zero-order chi connectivity index (χ0) is 27.1. The first-order valence-corrected chi connectivity index (χ1v) is 13.7. The number of anilines is 1. The van der Waals surface area contributed by atoms with Crippen LogP contribution >= 0.6 is 34.7 Å². The van der Waals surface area contributed by atoms with Crippen molar-refractivity contribution in [3.63, 3.8) is 0 Å². The number of rotatable bonds is 11. The molecule has 196 valence electrons. The number of amides is 1. The average Bonchev–Trinajstić information content (AvgIpc) is 3.52. The zero-order valence-corrected chi connectivity index (χ0v) is 23.2. The van der Waals surface area contributed by atoms with Crippen molar-refractivity contribution in [3.05, 3.63) is 88.5 Å². The van der Waals surface area contributed by atoms with E-state index in [0.717, 1.165) is 17.0 Å². The Bertz CT molecular complexity index is 1430. The number of halogens is 1. The number of benzene rings is 2. The number of carbonyl (C=O) groups excluding carboxylic acids is 2. The second kappa shape index (κ2) is 12.8. The zero-order valence-electron chi connectivity index (χ0n) is 20.8. The summed E-state index contributed by atoms with van der Waals surface area (Å²) < 4.78 is 12.1. The maximum absolute atomic E-state index is 12.9. The molecule has 11 heteroatoms. The highest BCUT2D eigenvalue weighted by molar-refractivity contribution is 7.99. The minimum Gasteiger partial charge on any atom is -0.497 e. The summed E-state index contributed by atoms with van der Waals surface area (Å²) in [7, 11) is 2.90. The van der Waals surface area contributed by atoms with Gasteiger partial charge in [-0.2, -0.15) is 0 Å². The third kappa shape index (κ3) is 6.45. The first-order chi connectivity index (χ1) is 18.4. The SMILES string of the molecule is C=CCn1c(Cc2ccc(Cl)cc2)nnc1SCC(=O)Nc1scc(-c2ccc(OC)cc2)c1C(=O)OC. The Morgan fingerprint density at radius 1 is 1.13 bits per heavy atom. The number of allylic oxidation sites excluding steroid dienone is 1. The van der Waals surface area contributed by atoms with Crippen molar-refractivity contribution in [3.8, 4) is 16.9 Å². The number of carbonyl (C=O) groups is 2. The number of hydrogen-bond donors (Lipinski definition) is 1. The van der Waals surface area contributed by atoms with Gasteiger partial charge in [0.05, 0.1) is 20.0 Å². The monoisotopic (exact) mass is 568 g/mol. The third-order valence-corrected chi connectivity index (χ3v) is 7.66. The molecule has 0 radical (unpaired) electrons. The van der Waals surface area contributed by atoms with E-state index < -0.39 is 5.97 Å². The van der Waals surface area contributed by atoms with Crippen molar-refractivity contribution in [1.82, 2.24) is 14.8 Å². The molecule has 1 amide bonds. The Morgan fingerprint density at radius 3 is 2.53 bits per heavy atom. The van der Waals surface area contributed by atoms with E-state index in [4.69, 9.17) is 21.1 Å². The summed E-state index contributed by atoms with van der Waals surface area (Å²) in [5.41, 5.74) is 2.83. The Labute approximate surface area is 233 Å². The maximum Gasteiger partial charge on any atom is 0.341 e. The van der Waals surface area contributed by atoms with Crippen LogP contribution in [0.5, 0.6) is 5.75 Å². The van der Waals surface area contributed by atoms with Crippen LogP contribution in [0.2, 0.25) is 5.02 Å². The molecule has 0 atom stereocenters. The molecule has 0 aliphatic carbocycles. The molecule has 8 nitrogen and oxygen atoms in total. The van der Waals surface area contributed by atoms with Gasteiger partial charge in [0.15, 0.2) is 5.16 Å². The number of thioether (sulfide) groups is 1. The fraction of sp³-hybridized carbons (Fsp3) is 0.185. The standard InChI is InChI=1S/C27H25ClN4O4S2/c1-4-13-32-22(14-17-5-9-19(28)10-6-17)30-31-27(32)38-16-23(33)29-25-24(26(34)36-3)21(15-37-25)18-7-11-20(35-2)12-8-18/h4-12,15H,1,13-14,16H2,2-3H3,(H,29,33). The van der Waals surface area contributed by atoms with Crippen molar-refractivity contribution in [1.29, 1.82) is 0 Å². The molecule has 2 aromatic heterocycles. The highest BCUT2D eigenvalue weighted by atomic mass is 35.5. The van der Waals surface area contributed by atoms with E-state index in [1.54, 1.807) is 13.2 Å². The van der Waals surface area contributed by atoms with Gasteiger partial charge < -0.3 is 19.4 Å². The first-order valence-electron chi connectivity index (χ1n) is 11.5. The van der Waals surface area contributed by atoms with Gasteiger partial charge in [-0.25, -0.2) is 4.79 Å². The molecule has 0 spiro atoms. The molecular formula is C27H25ClN4O4S2. The van der Waals surface area contributed by atoms with Crippen molar-refractivity contribution >= 4 is 51.6 Å². The van der Waals surface area contributed by atoms with Gasteiger partial charge in [0.1, 0.15) is 22.1 Å². The number of nitrogens with one attached hydrogen (secondary N) is 1. The highest BCUT2D eigenvalue weighted by Gasteiger charge is 2.23. The molecule has 2 heterocycles. The number of nitrogens with zero attached hydrogens (tertiary/aromatic N) is 3. The fourth-order valence-corrected chi connectivity index (χ4v) is 5.55. The largest absolute Gasteiger partial charge is 0.497 e. The van der Waals surface area contributed by atoms with Gasteiger partial charge >= 0.3 is 5.97 Å². The molecular weight excluding hydrogens is 544 g/mol. The van der Waals surface area contributed by atoms with Crippen LogP contribution in [0.25, 0.3) is 11.1 Å². The predicted molar refractivity (Wildman–Crippen MR) is 151 cm³/mol. The Hall–Kier alpha value is -3.60. The topological polar surface area (TPSA) is 95.3 Å². The van der Waals surface area contributed by atoms with E-state index in [-0.39, 0.29) is 11.7 Å². The van der Waals surface area contributed by atoms with Crippen molar-refractivity contribution < 1.29 is 19.1 Å². The Balaban J connectivity index is 1.48. The molecule has 0 unspecified atom stereocenters. The summed E-state index contributed by atoms with van der Waals surface area (Å²) in [6, 6.07) is 14.9. The lowest BCUT2D eigenvalue weighted by Crippen LogP contribution is -2.16. The number of ether oxygens (including phenoxy) is 2. The van der Waals surface area contributed by atoms with E-state index in [0.29, 0.717) is 45.0 Å². The number of thiophene rings is 1. The summed E-state index contributed by atoms with van der Waals surface area (Å²) in [4.78, 5) is 25.5. The molecule has 4 rings (SSSR count). The summed E-state index contributed by atoms with van der Waals surface area (Å²) in [6.07, 6.45) is 2.32. The Kier molecular flexibility index (Phi) is 9.22. The van der Waals surface area contributed by atoms with Crippen molar-refractivity contribution in [2.24, 2.45) is 0 Å². The van der Waals surface area contributed by atoms with Crippen LogP contribution in [-0.4, -0.2) is 46.6 Å².